The summed E-state index contributed by atoms with van der Waals surface area (Å²) in [6, 6.07) is 17.6. The standard InChI is InChI=1S/C51H61F3N6O7S/c1-31-41(68-30-57-31)33-15-13-32(14-16-33)28-56-44(63)39-12-11-23-60(39)45(64)42(48(2,3)4)58-40(61)29-65-24-9-10-25-66-36-20-17-34(18-21-36)43(62)59-46-49(5,6)47(50(46,7)8)67-37-22-19-35(27-55)38(26-37)51(52,53)54/h13-22,26,30,39,42,46-47H,9-12,23-25,28-29H2,1-8H3,(H,56,63)(H,58,61)(H,59,62)/t39-,42+,46-,47-/m0/s1. The Kier molecular flexibility index (Phi) is 16.0. The van der Waals surface area contributed by atoms with Gasteiger partial charge >= 0.3 is 6.18 Å². The highest BCUT2D eigenvalue weighted by molar-refractivity contribution is 7.13. The van der Waals surface area contributed by atoms with Crippen molar-refractivity contribution in [2.75, 3.05) is 26.4 Å². The van der Waals surface area contributed by atoms with Gasteiger partial charge in [-0.05, 0) is 91.6 Å². The molecule has 1 aromatic heterocycles. The Morgan fingerprint density at radius 1 is 0.941 bits per heavy atom. The van der Waals surface area contributed by atoms with Crippen LogP contribution in [-0.4, -0.2) is 84.1 Å². The van der Waals surface area contributed by atoms with Gasteiger partial charge in [0.1, 0.15) is 36.3 Å². The van der Waals surface area contributed by atoms with Gasteiger partial charge in [0.05, 0.1) is 39.9 Å². The van der Waals surface area contributed by atoms with E-state index in [2.05, 4.69) is 20.9 Å². The predicted molar refractivity (Wildman–Crippen MR) is 252 cm³/mol. The maximum absolute atomic E-state index is 13.9. The van der Waals surface area contributed by atoms with Crippen molar-refractivity contribution in [3.05, 3.63) is 100 Å². The molecule has 3 aromatic carbocycles. The summed E-state index contributed by atoms with van der Waals surface area (Å²) in [5, 5.41) is 18.1. The van der Waals surface area contributed by atoms with Gasteiger partial charge in [-0.25, -0.2) is 4.98 Å². The summed E-state index contributed by atoms with van der Waals surface area (Å²) in [6.45, 7) is 16.3. The normalized spacial score (nSPS) is 19.0. The minimum atomic E-state index is -4.71. The molecule has 2 fully saturated rings. The summed E-state index contributed by atoms with van der Waals surface area (Å²) in [4.78, 5) is 60.7. The number of likely N-dealkylation sites (tertiary alicyclic amines) is 1. The minimum Gasteiger partial charge on any atom is -0.494 e. The number of alkyl halides is 3. The monoisotopic (exact) mass is 958 g/mol. The van der Waals surface area contributed by atoms with Gasteiger partial charge in [0, 0.05) is 42.1 Å². The number of aromatic nitrogens is 1. The van der Waals surface area contributed by atoms with Gasteiger partial charge in [-0.2, -0.15) is 18.4 Å². The quantitative estimate of drug-likeness (QED) is 0.0826. The van der Waals surface area contributed by atoms with E-state index in [-0.39, 0.29) is 42.7 Å². The Labute approximate surface area is 400 Å². The van der Waals surface area contributed by atoms with Crippen LogP contribution in [-0.2, 0) is 31.8 Å². The Morgan fingerprint density at radius 3 is 2.22 bits per heavy atom. The van der Waals surface area contributed by atoms with Gasteiger partial charge in [0.2, 0.25) is 17.7 Å². The van der Waals surface area contributed by atoms with Gasteiger partial charge in [-0.1, -0.05) is 72.7 Å². The number of hydrogen-bond acceptors (Lipinski definition) is 10. The zero-order valence-corrected chi connectivity index (χ0v) is 40.7. The smallest absolute Gasteiger partial charge is 0.417 e. The molecule has 2 aliphatic rings. The van der Waals surface area contributed by atoms with Crippen LogP contribution in [0.3, 0.4) is 0 Å². The van der Waals surface area contributed by atoms with E-state index in [1.807, 2.05) is 85.2 Å². The lowest BCUT2D eigenvalue weighted by molar-refractivity contribution is -0.164. The van der Waals surface area contributed by atoms with E-state index >= 15 is 0 Å². The summed E-state index contributed by atoms with van der Waals surface area (Å²) in [5.41, 5.74) is 1.72. The zero-order valence-electron chi connectivity index (χ0n) is 39.8. The third kappa shape index (κ3) is 12.0. The zero-order chi connectivity index (χ0) is 49.6. The maximum Gasteiger partial charge on any atom is 0.417 e. The fraction of sp³-hybridized carbons (Fsp3) is 0.490. The van der Waals surface area contributed by atoms with Gasteiger partial charge < -0.3 is 35.1 Å². The first-order chi connectivity index (χ1) is 32.0. The van der Waals surface area contributed by atoms with E-state index in [9.17, 15) is 32.3 Å². The molecule has 0 bridgehead atoms. The van der Waals surface area contributed by atoms with Crippen LogP contribution in [0.5, 0.6) is 11.5 Å². The number of benzene rings is 3. The van der Waals surface area contributed by atoms with Crippen molar-refractivity contribution in [3.63, 3.8) is 0 Å². The fourth-order valence-corrected chi connectivity index (χ4v) is 10.2. The average Bonchev–Trinajstić information content (AvgIpc) is 3.97. The molecule has 1 saturated heterocycles. The average molecular weight is 959 g/mol. The number of halogens is 3. The SMILES string of the molecule is Cc1ncsc1-c1ccc(CNC(=O)[C@@H]2CCCN2C(=O)[C@@H](NC(=O)COCCCCOc2ccc(C(=O)N[C@H]3C(C)(C)[C@H](Oc4ccc(C#N)c(C(F)(F)F)c4)C3(C)C)cc2)C(C)(C)C)cc1. The number of rotatable bonds is 18. The molecular weight excluding hydrogens is 898 g/mol. The Hall–Kier alpha value is -5.99. The van der Waals surface area contributed by atoms with E-state index in [0.29, 0.717) is 56.7 Å². The third-order valence-corrected chi connectivity index (χ3v) is 13.8. The fourth-order valence-electron chi connectivity index (χ4n) is 9.42. The number of hydrogen-bond donors (Lipinski definition) is 3. The second kappa shape index (κ2) is 21.1. The van der Waals surface area contributed by atoms with Crippen LogP contribution in [0.4, 0.5) is 13.2 Å². The number of ether oxygens (including phenoxy) is 3. The molecule has 2 heterocycles. The van der Waals surface area contributed by atoms with Crippen LogP contribution in [0.1, 0.15) is 107 Å². The van der Waals surface area contributed by atoms with Crippen LogP contribution >= 0.6 is 11.3 Å². The largest absolute Gasteiger partial charge is 0.494 e. The van der Waals surface area contributed by atoms with E-state index in [4.69, 9.17) is 19.5 Å². The third-order valence-electron chi connectivity index (χ3n) is 12.8. The lowest BCUT2D eigenvalue weighted by atomic mass is 9.49. The summed E-state index contributed by atoms with van der Waals surface area (Å²) < 4.78 is 58.4. The van der Waals surface area contributed by atoms with Gasteiger partial charge in [-0.3, -0.25) is 19.2 Å². The molecule has 2 atom stereocenters. The van der Waals surface area contributed by atoms with Crippen molar-refractivity contribution in [2.24, 2.45) is 16.2 Å². The Morgan fingerprint density at radius 2 is 1.60 bits per heavy atom. The second-order valence-electron chi connectivity index (χ2n) is 19.7. The van der Waals surface area contributed by atoms with E-state index in [1.54, 1.807) is 46.6 Å². The Balaban J connectivity index is 0.892. The molecule has 0 unspecified atom stereocenters. The minimum absolute atomic E-state index is 0.00793. The van der Waals surface area contributed by atoms with Crippen LogP contribution < -0.4 is 25.4 Å². The van der Waals surface area contributed by atoms with Gasteiger partial charge in [0.25, 0.3) is 5.91 Å². The summed E-state index contributed by atoms with van der Waals surface area (Å²) >= 11 is 1.58. The Bertz CT molecular complexity index is 2460. The summed E-state index contributed by atoms with van der Waals surface area (Å²) in [5.74, 6) is -0.735. The van der Waals surface area contributed by atoms with Crippen molar-refractivity contribution < 1.29 is 46.6 Å². The van der Waals surface area contributed by atoms with Gasteiger partial charge in [0.15, 0.2) is 0 Å². The molecule has 13 nitrogen and oxygen atoms in total. The number of carbonyl (C=O) groups excluding carboxylic acids is 4. The first-order valence-electron chi connectivity index (χ1n) is 22.8. The number of amides is 4. The molecule has 4 aromatic rings. The topological polar surface area (TPSA) is 172 Å². The molecule has 0 spiro atoms. The predicted octanol–water partition coefficient (Wildman–Crippen LogP) is 8.63. The van der Waals surface area contributed by atoms with Crippen molar-refractivity contribution >= 4 is 35.0 Å². The highest BCUT2D eigenvalue weighted by Gasteiger charge is 2.64. The van der Waals surface area contributed by atoms with Crippen LogP contribution in [0, 0.1) is 34.5 Å². The second-order valence-corrected chi connectivity index (χ2v) is 20.6. The highest BCUT2D eigenvalue weighted by Crippen LogP contribution is 2.56. The summed E-state index contributed by atoms with van der Waals surface area (Å²) in [7, 11) is 0. The van der Waals surface area contributed by atoms with E-state index in [1.165, 1.54) is 6.07 Å². The number of thiazole rings is 1. The molecule has 4 amide bonds. The van der Waals surface area contributed by atoms with Crippen LogP contribution in [0.2, 0.25) is 0 Å². The lowest BCUT2D eigenvalue weighted by Crippen LogP contribution is -2.74. The molecule has 1 aliphatic heterocycles. The van der Waals surface area contributed by atoms with Crippen LogP contribution in [0.15, 0.2) is 72.2 Å². The van der Waals surface area contributed by atoms with Crippen molar-refractivity contribution in [1.82, 2.24) is 25.8 Å². The van der Waals surface area contributed by atoms with Crippen molar-refractivity contribution in [3.8, 4) is 28.0 Å². The summed E-state index contributed by atoms with van der Waals surface area (Å²) in [6.07, 6.45) is -2.82. The number of unbranched alkanes of at least 4 members (excludes halogenated alkanes) is 1. The lowest BCUT2D eigenvalue weighted by Gasteiger charge is -2.63. The van der Waals surface area contributed by atoms with Crippen LogP contribution in [0.25, 0.3) is 10.4 Å². The number of nitrogens with one attached hydrogen (secondary N) is 3. The van der Waals surface area contributed by atoms with E-state index in [0.717, 1.165) is 33.8 Å². The molecule has 68 heavy (non-hydrogen) atoms. The molecule has 17 heteroatoms. The van der Waals surface area contributed by atoms with Crippen molar-refractivity contribution in [2.45, 2.75) is 118 Å². The number of aryl methyl sites for hydroxylation is 1. The molecular formula is C51H61F3N6O7S. The number of carbonyl (C=O) groups is 4. The van der Waals surface area contributed by atoms with E-state index < -0.39 is 57.6 Å². The molecule has 1 aliphatic carbocycles. The molecule has 1 saturated carbocycles. The number of nitrogens with zero attached hydrogens (tertiary/aromatic N) is 3. The molecule has 6 rings (SSSR count). The maximum atomic E-state index is 13.9. The highest BCUT2D eigenvalue weighted by atomic mass is 32.1. The van der Waals surface area contributed by atoms with Crippen molar-refractivity contribution in [1.29, 1.82) is 5.26 Å². The molecule has 3 N–H and O–H groups in total. The molecule has 0 radical (unpaired) electrons. The molecule has 364 valence electrons. The first-order valence-corrected chi connectivity index (χ1v) is 23.7. The van der Waals surface area contributed by atoms with Gasteiger partial charge in [-0.15, -0.1) is 11.3 Å². The first kappa shape index (κ1) is 51.4. The number of nitriles is 1.